The number of hydrogen-bond acceptors (Lipinski definition) is 1. The predicted octanol–water partition coefficient (Wildman–Crippen LogP) is 3.22. The summed E-state index contributed by atoms with van der Waals surface area (Å²) < 4.78 is 0. The van der Waals surface area contributed by atoms with Gasteiger partial charge in [0.15, 0.2) is 0 Å². The summed E-state index contributed by atoms with van der Waals surface area (Å²) in [4.78, 5) is 0. The zero-order chi connectivity index (χ0) is 9.42. The Hall–Kier alpha value is -0.510. The van der Waals surface area contributed by atoms with Crippen molar-refractivity contribution in [1.29, 1.82) is 5.26 Å². The molecule has 1 heteroatoms. The molecule has 2 aliphatic carbocycles. The van der Waals surface area contributed by atoms with Crippen molar-refractivity contribution < 1.29 is 0 Å². The van der Waals surface area contributed by atoms with Crippen LogP contribution in [0.5, 0.6) is 0 Å². The lowest BCUT2D eigenvalue weighted by Crippen LogP contribution is -2.43. The van der Waals surface area contributed by atoms with E-state index in [2.05, 4.69) is 19.9 Å². The lowest BCUT2D eigenvalue weighted by Gasteiger charge is -2.49. The lowest BCUT2D eigenvalue weighted by atomic mass is 9.54. The van der Waals surface area contributed by atoms with Crippen LogP contribution in [0.4, 0.5) is 0 Å². The first-order valence-corrected chi connectivity index (χ1v) is 5.67. The van der Waals surface area contributed by atoms with E-state index in [0.717, 1.165) is 17.8 Å². The Morgan fingerprint density at radius 1 is 1.38 bits per heavy atom. The molecular formula is C12H19N. The molecule has 0 aromatic rings. The van der Waals surface area contributed by atoms with Gasteiger partial charge in [-0.05, 0) is 42.9 Å². The first-order chi connectivity index (χ1) is 6.27. The Kier molecular flexibility index (Phi) is 2.32. The highest BCUT2D eigenvalue weighted by atomic mass is 14.5. The second-order valence-corrected chi connectivity index (χ2v) is 4.92. The minimum absolute atomic E-state index is 0.373. The van der Waals surface area contributed by atoms with Crippen molar-refractivity contribution in [2.45, 2.75) is 39.5 Å². The van der Waals surface area contributed by atoms with E-state index in [1.165, 1.54) is 25.7 Å². The molecule has 0 amide bonds. The van der Waals surface area contributed by atoms with E-state index >= 15 is 0 Å². The van der Waals surface area contributed by atoms with Gasteiger partial charge < -0.3 is 0 Å². The second kappa shape index (κ2) is 3.33. The third kappa shape index (κ3) is 1.27. The smallest absolute Gasteiger partial charge is 0.0661 e. The van der Waals surface area contributed by atoms with E-state index in [9.17, 15) is 0 Å². The largest absolute Gasteiger partial charge is 0.198 e. The molecule has 2 fully saturated rings. The van der Waals surface area contributed by atoms with Crippen molar-refractivity contribution in [3.8, 4) is 6.07 Å². The maximum Gasteiger partial charge on any atom is 0.0661 e. The molecule has 0 bridgehead atoms. The molecule has 0 saturated heterocycles. The van der Waals surface area contributed by atoms with E-state index in [4.69, 9.17) is 5.26 Å². The normalized spacial score (nSPS) is 48.8. The topological polar surface area (TPSA) is 23.8 Å². The molecule has 0 aromatic carbocycles. The summed E-state index contributed by atoms with van der Waals surface area (Å²) in [5.74, 6) is 3.52. The van der Waals surface area contributed by atoms with Gasteiger partial charge in [-0.2, -0.15) is 5.26 Å². The van der Waals surface area contributed by atoms with Gasteiger partial charge in [-0.3, -0.25) is 0 Å². The standard InChI is InChI=1S/C12H19N/c1-3-9-6-10-4-5-11(10)12(7-13)8(9)2/h8-12H,3-6H2,1-2H3. The van der Waals surface area contributed by atoms with E-state index in [0.29, 0.717) is 11.8 Å². The molecular weight excluding hydrogens is 158 g/mol. The van der Waals surface area contributed by atoms with Crippen LogP contribution in [0.1, 0.15) is 39.5 Å². The fraction of sp³-hybridized carbons (Fsp3) is 0.917. The number of hydrogen-bond donors (Lipinski definition) is 0. The maximum absolute atomic E-state index is 9.15. The summed E-state index contributed by atoms with van der Waals surface area (Å²) in [6, 6.07) is 2.55. The molecule has 0 aromatic heterocycles. The van der Waals surface area contributed by atoms with Crippen molar-refractivity contribution in [2.24, 2.45) is 29.6 Å². The van der Waals surface area contributed by atoms with Crippen LogP contribution in [0.25, 0.3) is 0 Å². The van der Waals surface area contributed by atoms with Gasteiger partial charge >= 0.3 is 0 Å². The van der Waals surface area contributed by atoms with Gasteiger partial charge in [-0.25, -0.2) is 0 Å². The van der Waals surface area contributed by atoms with E-state index in [-0.39, 0.29) is 0 Å². The Balaban J connectivity index is 2.11. The molecule has 0 radical (unpaired) electrons. The van der Waals surface area contributed by atoms with Crippen LogP contribution < -0.4 is 0 Å². The van der Waals surface area contributed by atoms with Gasteiger partial charge in [0.2, 0.25) is 0 Å². The highest BCUT2D eigenvalue weighted by molar-refractivity contribution is 5.03. The van der Waals surface area contributed by atoms with E-state index in [1.807, 2.05) is 0 Å². The van der Waals surface area contributed by atoms with Crippen LogP contribution in [0, 0.1) is 40.9 Å². The van der Waals surface area contributed by atoms with Gasteiger partial charge in [0.05, 0.1) is 12.0 Å². The van der Waals surface area contributed by atoms with Crippen LogP contribution in [-0.4, -0.2) is 0 Å². The number of rotatable bonds is 1. The van der Waals surface area contributed by atoms with Gasteiger partial charge in [0.25, 0.3) is 0 Å². The van der Waals surface area contributed by atoms with Gasteiger partial charge in [0.1, 0.15) is 0 Å². The van der Waals surface area contributed by atoms with Crippen LogP contribution >= 0.6 is 0 Å². The molecule has 13 heavy (non-hydrogen) atoms. The zero-order valence-electron chi connectivity index (χ0n) is 8.66. The Morgan fingerprint density at radius 3 is 2.62 bits per heavy atom. The number of fused-ring (bicyclic) bond motifs is 1. The SMILES string of the molecule is CCC1CC2CCC2C(C#N)C1C. The molecule has 5 unspecified atom stereocenters. The van der Waals surface area contributed by atoms with E-state index < -0.39 is 0 Å². The molecule has 0 heterocycles. The highest BCUT2D eigenvalue weighted by Crippen LogP contribution is 2.52. The minimum atomic E-state index is 0.373. The third-order valence-corrected chi connectivity index (χ3v) is 4.53. The molecule has 2 saturated carbocycles. The third-order valence-electron chi connectivity index (χ3n) is 4.53. The molecule has 2 aliphatic rings. The van der Waals surface area contributed by atoms with Crippen LogP contribution in [0.15, 0.2) is 0 Å². The second-order valence-electron chi connectivity index (χ2n) is 4.92. The van der Waals surface area contributed by atoms with Crippen molar-refractivity contribution in [2.75, 3.05) is 0 Å². The molecule has 1 nitrogen and oxygen atoms in total. The number of nitriles is 1. The molecule has 5 atom stereocenters. The minimum Gasteiger partial charge on any atom is -0.198 e. The van der Waals surface area contributed by atoms with Crippen LogP contribution in [0.3, 0.4) is 0 Å². The average Bonchev–Trinajstić information content (AvgIpc) is 2.11. The molecule has 72 valence electrons. The molecule has 0 N–H and O–H groups in total. The van der Waals surface area contributed by atoms with Crippen LogP contribution in [-0.2, 0) is 0 Å². The van der Waals surface area contributed by atoms with Gasteiger partial charge in [-0.15, -0.1) is 0 Å². The quantitative estimate of drug-likeness (QED) is 0.603. The summed E-state index contributed by atoms with van der Waals surface area (Å²) in [7, 11) is 0. The maximum atomic E-state index is 9.15. The first kappa shape index (κ1) is 9.06. The van der Waals surface area contributed by atoms with Crippen molar-refractivity contribution >= 4 is 0 Å². The van der Waals surface area contributed by atoms with Gasteiger partial charge in [-0.1, -0.05) is 20.3 Å². The zero-order valence-corrected chi connectivity index (χ0v) is 8.66. The van der Waals surface area contributed by atoms with Crippen molar-refractivity contribution in [3.63, 3.8) is 0 Å². The predicted molar refractivity (Wildman–Crippen MR) is 52.9 cm³/mol. The Morgan fingerprint density at radius 2 is 2.15 bits per heavy atom. The van der Waals surface area contributed by atoms with E-state index in [1.54, 1.807) is 0 Å². The summed E-state index contributed by atoms with van der Waals surface area (Å²) in [5, 5.41) is 9.15. The fourth-order valence-corrected chi connectivity index (χ4v) is 3.40. The lowest BCUT2D eigenvalue weighted by molar-refractivity contribution is 0.00364. The first-order valence-electron chi connectivity index (χ1n) is 5.67. The molecule has 0 spiro atoms. The summed E-state index contributed by atoms with van der Waals surface area (Å²) in [6.45, 7) is 4.56. The van der Waals surface area contributed by atoms with Crippen molar-refractivity contribution in [1.82, 2.24) is 0 Å². The molecule has 2 rings (SSSR count). The molecule has 0 aliphatic heterocycles. The van der Waals surface area contributed by atoms with Gasteiger partial charge in [0, 0.05) is 0 Å². The van der Waals surface area contributed by atoms with Crippen LogP contribution in [0.2, 0.25) is 0 Å². The summed E-state index contributed by atoms with van der Waals surface area (Å²) in [5.41, 5.74) is 0. The average molecular weight is 177 g/mol. The summed E-state index contributed by atoms with van der Waals surface area (Å²) >= 11 is 0. The monoisotopic (exact) mass is 177 g/mol. The number of nitrogens with zero attached hydrogens (tertiary/aromatic N) is 1. The highest BCUT2D eigenvalue weighted by Gasteiger charge is 2.46. The fourth-order valence-electron chi connectivity index (χ4n) is 3.40. The Labute approximate surface area is 81.1 Å². The van der Waals surface area contributed by atoms with Crippen molar-refractivity contribution in [3.05, 3.63) is 0 Å². The summed E-state index contributed by atoms with van der Waals surface area (Å²) in [6.07, 6.45) is 5.39. The Bertz CT molecular complexity index is 228.